The Bertz CT molecular complexity index is 921. The summed E-state index contributed by atoms with van der Waals surface area (Å²) in [7, 11) is 0. The largest absolute Gasteiger partial charge is 0.508 e. The van der Waals surface area contributed by atoms with Crippen LogP contribution >= 0.6 is 0 Å². The summed E-state index contributed by atoms with van der Waals surface area (Å²) >= 11 is 0. The van der Waals surface area contributed by atoms with Gasteiger partial charge in [-0.2, -0.15) is 0 Å². The molecule has 0 atom stereocenters. The van der Waals surface area contributed by atoms with Crippen LogP contribution in [0.3, 0.4) is 0 Å². The lowest BCUT2D eigenvalue weighted by Crippen LogP contribution is -2.08. The van der Waals surface area contributed by atoms with Gasteiger partial charge in [0.05, 0.1) is 10.9 Å². The van der Waals surface area contributed by atoms with Crippen molar-refractivity contribution in [2.45, 2.75) is 18.8 Å². The molecule has 0 aliphatic heterocycles. The van der Waals surface area contributed by atoms with Crippen molar-refractivity contribution in [1.82, 2.24) is 0 Å². The average molecular weight is 296 g/mol. The van der Waals surface area contributed by atoms with Crippen molar-refractivity contribution in [3.63, 3.8) is 0 Å². The van der Waals surface area contributed by atoms with Gasteiger partial charge < -0.3 is 9.52 Å². The molecule has 1 heterocycles. The number of phenols is 1. The molecule has 4 rings (SSSR count). The molecular formula is C18H13FO3. The third-order valence-electron chi connectivity index (χ3n) is 3.98. The zero-order valence-electron chi connectivity index (χ0n) is 11.7. The second kappa shape index (κ2) is 4.70. The maximum Gasteiger partial charge on any atom is 0.200 e. The van der Waals surface area contributed by atoms with E-state index in [0.29, 0.717) is 27.9 Å². The molecule has 0 bridgehead atoms. The van der Waals surface area contributed by atoms with Gasteiger partial charge in [-0.1, -0.05) is 12.1 Å². The summed E-state index contributed by atoms with van der Waals surface area (Å²) in [6.45, 7) is 0. The second-order valence-electron chi connectivity index (χ2n) is 5.63. The Morgan fingerprint density at radius 3 is 2.50 bits per heavy atom. The quantitative estimate of drug-likeness (QED) is 0.771. The molecule has 1 aliphatic carbocycles. The first-order valence-corrected chi connectivity index (χ1v) is 7.19. The highest BCUT2D eigenvalue weighted by atomic mass is 19.1. The number of aromatic hydroxyl groups is 1. The lowest BCUT2D eigenvalue weighted by atomic mass is 10.00. The van der Waals surface area contributed by atoms with Crippen molar-refractivity contribution in [2.75, 3.05) is 0 Å². The molecule has 110 valence electrons. The van der Waals surface area contributed by atoms with Crippen LogP contribution in [0.2, 0.25) is 0 Å². The van der Waals surface area contributed by atoms with Crippen LogP contribution in [-0.2, 0) is 0 Å². The minimum absolute atomic E-state index is 0.0620. The molecule has 0 amide bonds. The van der Waals surface area contributed by atoms with Crippen molar-refractivity contribution in [3.8, 4) is 16.9 Å². The van der Waals surface area contributed by atoms with Gasteiger partial charge in [0, 0.05) is 12.0 Å². The van der Waals surface area contributed by atoms with Gasteiger partial charge in [0.2, 0.25) is 5.43 Å². The minimum atomic E-state index is -0.341. The molecule has 4 heteroatoms. The topological polar surface area (TPSA) is 50.4 Å². The Morgan fingerprint density at radius 2 is 1.82 bits per heavy atom. The molecule has 0 spiro atoms. The number of hydrogen-bond donors (Lipinski definition) is 1. The van der Waals surface area contributed by atoms with Crippen LogP contribution in [0.1, 0.15) is 24.5 Å². The van der Waals surface area contributed by atoms with Crippen LogP contribution < -0.4 is 5.43 Å². The van der Waals surface area contributed by atoms with E-state index in [1.54, 1.807) is 18.2 Å². The molecular weight excluding hydrogens is 283 g/mol. The third kappa shape index (κ3) is 2.08. The highest BCUT2D eigenvalue weighted by molar-refractivity contribution is 5.84. The van der Waals surface area contributed by atoms with Gasteiger partial charge >= 0.3 is 0 Å². The van der Waals surface area contributed by atoms with Crippen LogP contribution in [-0.4, -0.2) is 5.11 Å². The predicted octanol–water partition coefficient (Wildman–Crippen LogP) is 4.18. The lowest BCUT2D eigenvalue weighted by molar-refractivity contribution is 0.472. The Morgan fingerprint density at radius 1 is 1.09 bits per heavy atom. The molecule has 0 radical (unpaired) electrons. The van der Waals surface area contributed by atoms with E-state index in [1.807, 2.05) is 0 Å². The number of hydrogen-bond acceptors (Lipinski definition) is 3. The summed E-state index contributed by atoms with van der Waals surface area (Å²) in [5.74, 6) is 0.577. The van der Waals surface area contributed by atoms with Crippen LogP contribution in [0.4, 0.5) is 4.39 Å². The molecule has 22 heavy (non-hydrogen) atoms. The molecule has 1 N–H and O–H groups in total. The van der Waals surface area contributed by atoms with Crippen LogP contribution in [0.15, 0.2) is 51.7 Å². The number of phenolic OH excluding ortho intramolecular Hbond substituents is 1. The Balaban J connectivity index is 2.05. The first-order valence-electron chi connectivity index (χ1n) is 7.19. The number of halogens is 1. The zero-order valence-corrected chi connectivity index (χ0v) is 11.7. The van der Waals surface area contributed by atoms with E-state index in [0.717, 1.165) is 12.8 Å². The van der Waals surface area contributed by atoms with Crippen molar-refractivity contribution < 1.29 is 13.9 Å². The molecule has 3 nitrogen and oxygen atoms in total. The van der Waals surface area contributed by atoms with Gasteiger partial charge in [-0.3, -0.25) is 4.79 Å². The van der Waals surface area contributed by atoms with E-state index in [9.17, 15) is 14.3 Å². The van der Waals surface area contributed by atoms with E-state index >= 15 is 0 Å². The van der Waals surface area contributed by atoms with E-state index in [2.05, 4.69) is 0 Å². The van der Waals surface area contributed by atoms with Crippen LogP contribution in [0, 0.1) is 5.82 Å². The standard InChI is InChI=1S/C18H13FO3/c19-12-5-3-10(4-6-12)16-17(21)14-8-7-13(20)9-15(14)22-18(16)11-1-2-11/h3-9,11,20H,1-2H2. The van der Waals surface area contributed by atoms with E-state index in [4.69, 9.17) is 4.42 Å². The summed E-state index contributed by atoms with van der Waals surface area (Å²) in [5, 5.41) is 10.00. The van der Waals surface area contributed by atoms with E-state index < -0.39 is 0 Å². The predicted molar refractivity (Wildman–Crippen MR) is 81.5 cm³/mol. The van der Waals surface area contributed by atoms with Crippen LogP contribution in [0.25, 0.3) is 22.1 Å². The Kier molecular flexibility index (Phi) is 2.79. The molecule has 1 fully saturated rings. The highest BCUT2D eigenvalue weighted by Gasteiger charge is 2.31. The summed E-state index contributed by atoms with van der Waals surface area (Å²) in [5.41, 5.74) is 1.40. The fourth-order valence-electron chi connectivity index (χ4n) is 2.72. The smallest absolute Gasteiger partial charge is 0.200 e. The molecule has 0 saturated heterocycles. The third-order valence-corrected chi connectivity index (χ3v) is 3.98. The van der Waals surface area contributed by atoms with Crippen molar-refractivity contribution in [2.24, 2.45) is 0 Å². The number of rotatable bonds is 2. The molecule has 0 unspecified atom stereocenters. The van der Waals surface area contributed by atoms with Gasteiger partial charge in [-0.05, 0) is 42.7 Å². The minimum Gasteiger partial charge on any atom is -0.508 e. The van der Waals surface area contributed by atoms with E-state index in [1.165, 1.54) is 24.3 Å². The number of benzene rings is 2. The first-order chi connectivity index (χ1) is 10.6. The Hall–Kier alpha value is -2.62. The summed E-state index contributed by atoms with van der Waals surface area (Å²) in [6, 6.07) is 10.3. The molecule has 1 aliphatic rings. The maximum atomic E-state index is 13.1. The summed E-state index contributed by atoms with van der Waals surface area (Å²) in [4.78, 5) is 12.8. The average Bonchev–Trinajstić information content (AvgIpc) is 3.33. The monoisotopic (exact) mass is 296 g/mol. The van der Waals surface area contributed by atoms with Gasteiger partial charge in [0.1, 0.15) is 22.9 Å². The van der Waals surface area contributed by atoms with Crippen molar-refractivity contribution in [1.29, 1.82) is 0 Å². The van der Waals surface area contributed by atoms with E-state index in [-0.39, 0.29) is 22.9 Å². The van der Waals surface area contributed by atoms with Crippen molar-refractivity contribution >= 4 is 11.0 Å². The molecule has 1 saturated carbocycles. The highest BCUT2D eigenvalue weighted by Crippen LogP contribution is 2.44. The normalized spacial score (nSPS) is 14.4. The fraction of sp³-hybridized carbons (Fsp3) is 0.167. The molecule has 3 aromatic rings. The first kappa shape index (κ1) is 13.1. The fourth-order valence-corrected chi connectivity index (χ4v) is 2.72. The number of fused-ring (bicyclic) bond motifs is 1. The summed E-state index contributed by atoms with van der Waals surface area (Å²) < 4.78 is 19.1. The van der Waals surface area contributed by atoms with Gasteiger partial charge in [0.15, 0.2) is 0 Å². The van der Waals surface area contributed by atoms with Gasteiger partial charge in [0.25, 0.3) is 0 Å². The lowest BCUT2D eigenvalue weighted by Gasteiger charge is -2.10. The van der Waals surface area contributed by atoms with Crippen LogP contribution in [0.5, 0.6) is 5.75 Å². The Labute approximate surface area is 125 Å². The molecule has 1 aromatic heterocycles. The van der Waals surface area contributed by atoms with Crippen molar-refractivity contribution in [3.05, 3.63) is 64.3 Å². The van der Waals surface area contributed by atoms with Gasteiger partial charge in [-0.25, -0.2) is 4.39 Å². The second-order valence-corrected chi connectivity index (χ2v) is 5.63. The molecule has 2 aromatic carbocycles. The maximum absolute atomic E-state index is 13.1. The zero-order chi connectivity index (χ0) is 15.3. The SMILES string of the molecule is O=c1c(-c2ccc(F)cc2)c(C2CC2)oc2cc(O)ccc12. The summed E-state index contributed by atoms with van der Waals surface area (Å²) in [6.07, 6.45) is 1.95. The van der Waals surface area contributed by atoms with Gasteiger partial charge in [-0.15, -0.1) is 0 Å².